The summed E-state index contributed by atoms with van der Waals surface area (Å²) in [7, 11) is 0. The number of fused-ring (bicyclic) bond motifs is 2. The Morgan fingerprint density at radius 2 is 2.00 bits per heavy atom. The molecule has 1 amide bonds. The number of piperidine rings is 1. The lowest BCUT2D eigenvalue weighted by atomic mass is 10.0. The Labute approximate surface area is 85.8 Å². The van der Waals surface area contributed by atoms with Gasteiger partial charge in [0.15, 0.2) is 0 Å². The number of rotatable bonds is 2. The highest BCUT2D eigenvalue weighted by atomic mass is 19.4. The van der Waals surface area contributed by atoms with E-state index < -0.39 is 12.7 Å². The minimum absolute atomic E-state index is 0.101. The van der Waals surface area contributed by atoms with Gasteiger partial charge >= 0.3 is 6.18 Å². The van der Waals surface area contributed by atoms with E-state index in [-0.39, 0.29) is 12.0 Å². The number of carbonyl (C=O) groups excluding carboxylic acids is 1. The molecule has 2 atom stereocenters. The van der Waals surface area contributed by atoms with E-state index >= 15 is 0 Å². The van der Waals surface area contributed by atoms with Crippen LogP contribution in [0.1, 0.15) is 6.42 Å². The third-order valence-electron chi connectivity index (χ3n) is 3.08. The first-order valence-electron chi connectivity index (χ1n) is 4.98. The molecule has 2 fully saturated rings. The zero-order valence-corrected chi connectivity index (χ0v) is 8.20. The van der Waals surface area contributed by atoms with Crippen molar-refractivity contribution in [2.75, 3.05) is 26.2 Å². The average molecular weight is 222 g/mol. The van der Waals surface area contributed by atoms with Crippen molar-refractivity contribution in [2.45, 2.75) is 18.6 Å². The van der Waals surface area contributed by atoms with Crippen molar-refractivity contribution in [3.05, 3.63) is 0 Å². The summed E-state index contributed by atoms with van der Waals surface area (Å²) in [5.74, 6) is 0.219. The number of carbonyl (C=O) groups is 1. The van der Waals surface area contributed by atoms with Gasteiger partial charge in [0, 0.05) is 25.7 Å². The summed E-state index contributed by atoms with van der Waals surface area (Å²) in [4.78, 5) is 13.6. The first-order chi connectivity index (χ1) is 6.98. The van der Waals surface area contributed by atoms with E-state index in [1.807, 2.05) is 0 Å². The van der Waals surface area contributed by atoms with Crippen LogP contribution >= 0.6 is 0 Å². The second kappa shape index (κ2) is 3.66. The monoisotopic (exact) mass is 222 g/mol. The Morgan fingerprint density at radius 1 is 1.27 bits per heavy atom. The molecule has 2 saturated heterocycles. The van der Waals surface area contributed by atoms with E-state index in [1.54, 1.807) is 4.90 Å². The van der Waals surface area contributed by atoms with Gasteiger partial charge in [0.1, 0.15) is 0 Å². The molecular formula is C9H13F3N2O. The molecule has 2 bridgehead atoms. The molecule has 2 rings (SSSR count). The van der Waals surface area contributed by atoms with Gasteiger partial charge in [-0.15, -0.1) is 0 Å². The van der Waals surface area contributed by atoms with Crippen LogP contribution in [0.2, 0.25) is 0 Å². The predicted molar refractivity (Wildman–Crippen MR) is 47.2 cm³/mol. The summed E-state index contributed by atoms with van der Waals surface area (Å²) in [5.41, 5.74) is 0. The summed E-state index contributed by atoms with van der Waals surface area (Å²) in [5, 5.41) is 0. The van der Waals surface area contributed by atoms with Gasteiger partial charge in [0.2, 0.25) is 6.41 Å². The molecule has 0 radical (unpaired) electrons. The topological polar surface area (TPSA) is 23.6 Å². The molecule has 0 aromatic heterocycles. The molecule has 6 heteroatoms. The first-order valence-corrected chi connectivity index (χ1v) is 4.98. The van der Waals surface area contributed by atoms with Gasteiger partial charge < -0.3 is 4.90 Å². The summed E-state index contributed by atoms with van der Waals surface area (Å²) >= 11 is 0. The number of nitrogens with zero attached hydrogens (tertiary/aromatic N) is 2. The van der Waals surface area contributed by atoms with Crippen LogP contribution in [0.15, 0.2) is 0 Å². The minimum Gasteiger partial charge on any atom is -0.343 e. The number of amides is 1. The average Bonchev–Trinajstić information content (AvgIpc) is 2.38. The van der Waals surface area contributed by atoms with Crippen LogP contribution in [-0.2, 0) is 4.79 Å². The Bertz CT molecular complexity index is 256. The first kappa shape index (κ1) is 10.7. The number of alkyl halides is 3. The van der Waals surface area contributed by atoms with Crippen molar-refractivity contribution in [2.24, 2.45) is 5.92 Å². The van der Waals surface area contributed by atoms with Gasteiger partial charge in [-0.05, 0) is 12.3 Å². The van der Waals surface area contributed by atoms with Crippen LogP contribution in [0.5, 0.6) is 0 Å². The predicted octanol–water partition coefficient (Wildman–Crippen LogP) is 0.711. The van der Waals surface area contributed by atoms with Crippen LogP contribution in [0.25, 0.3) is 0 Å². The van der Waals surface area contributed by atoms with Gasteiger partial charge in [-0.2, -0.15) is 13.2 Å². The van der Waals surface area contributed by atoms with Crippen molar-refractivity contribution in [3.63, 3.8) is 0 Å². The number of hydrogen-bond donors (Lipinski definition) is 0. The maximum Gasteiger partial charge on any atom is 0.401 e. The van der Waals surface area contributed by atoms with Gasteiger partial charge in [-0.1, -0.05) is 0 Å². The maximum atomic E-state index is 12.2. The van der Waals surface area contributed by atoms with Crippen LogP contribution in [-0.4, -0.2) is 54.6 Å². The second-order valence-electron chi connectivity index (χ2n) is 4.36. The molecule has 3 nitrogen and oxygen atoms in total. The highest BCUT2D eigenvalue weighted by molar-refractivity contribution is 5.47. The van der Waals surface area contributed by atoms with E-state index in [4.69, 9.17) is 0 Å². The lowest BCUT2D eigenvalue weighted by Crippen LogP contribution is -2.44. The van der Waals surface area contributed by atoms with Crippen molar-refractivity contribution >= 4 is 6.41 Å². The van der Waals surface area contributed by atoms with Gasteiger partial charge in [-0.3, -0.25) is 9.69 Å². The van der Waals surface area contributed by atoms with Crippen molar-refractivity contribution in [1.82, 2.24) is 9.80 Å². The maximum absolute atomic E-state index is 12.2. The quantitative estimate of drug-likeness (QED) is 0.642. The molecule has 0 saturated carbocycles. The number of hydrogen-bond acceptors (Lipinski definition) is 2. The van der Waals surface area contributed by atoms with Gasteiger partial charge in [-0.25, -0.2) is 0 Å². The molecule has 0 N–H and O–H groups in total. The molecule has 15 heavy (non-hydrogen) atoms. The summed E-state index contributed by atoms with van der Waals surface area (Å²) in [6, 6.07) is -0.101. The largest absolute Gasteiger partial charge is 0.401 e. The van der Waals surface area contributed by atoms with Crippen LogP contribution in [0, 0.1) is 5.92 Å². The van der Waals surface area contributed by atoms with Crippen molar-refractivity contribution < 1.29 is 18.0 Å². The fourth-order valence-electron chi connectivity index (χ4n) is 2.60. The lowest BCUT2D eigenvalue weighted by molar-refractivity contribution is -0.147. The summed E-state index contributed by atoms with van der Waals surface area (Å²) < 4.78 is 36.7. The minimum atomic E-state index is -4.14. The lowest BCUT2D eigenvalue weighted by Gasteiger charge is -2.30. The molecule has 86 valence electrons. The Hall–Kier alpha value is -0.780. The molecule has 0 aliphatic carbocycles. The molecule has 2 aliphatic rings. The van der Waals surface area contributed by atoms with E-state index in [1.165, 1.54) is 4.90 Å². The Balaban J connectivity index is 1.97. The summed E-state index contributed by atoms with van der Waals surface area (Å²) in [6.07, 6.45) is -2.61. The molecule has 2 unspecified atom stereocenters. The van der Waals surface area contributed by atoms with Gasteiger partial charge in [0.05, 0.1) is 6.54 Å². The van der Waals surface area contributed by atoms with Crippen LogP contribution < -0.4 is 0 Å². The normalized spacial score (nSPS) is 32.1. The van der Waals surface area contributed by atoms with E-state index in [2.05, 4.69) is 0 Å². The van der Waals surface area contributed by atoms with E-state index in [9.17, 15) is 18.0 Å². The fraction of sp³-hybridized carbons (Fsp3) is 0.889. The van der Waals surface area contributed by atoms with Crippen LogP contribution in [0.3, 0.4) is 0 Å². The zero-order chi connectivity index (χ0) is 11.1. The molecule has 0 aromatic carbocycles. The Kier molecular flexibility index (Phi) is 2.62. The number of halogens is 3. The van der Waals surface area contributed by atoms with E-state index in [0.29, 0.717) is 19.6 Å². The summed E-state index contributed by atoms with van der Waals surface area (Å²) in [6.45, 7) is 0.666. The zero-order valence-electron chi connectivity index (χ0n) is 8.20. The molecule has 2 heterocycles. The van der Waals surface area contributed by atoms with E-state index in [0.717, 1.165) is 12.8 Å². The second-order valence-corrected chi connectivity index (χ2v) is 4.36. The van der Waals surface area contributed by atoms with Gasteiger partial charge in [0.25, 0.3) is 0 Å². The van der Waals surface area contributed by atoms with Crippen LogP contribution in [0.4, 0.5) is 13.2 Å². The fourth-order valence-corrected chi connectivity index (χ4v) is 2.60. The molecule has 2 aliphatic heterocycles. The van der Waals surface area contributed by atoms with Crippen molar-refractivity contribution in [3.8, 4) is 0 Å². The third kappa shape index (κ3) is 2.42. The van der Waals surface area contributed by atoms with Crippen molar-refractivity contribution in [1.29, 1.82) is 0 Å². The molecule has 0 spiro atoms. The standard InChI is InChI=1S/C9H13F3N2O/c10-9(11,12)5-14-3-7-1-8(14)4-13(2-7)6-15/h6-8H,1-5H2. The molecule has 0 aromatic rings. The Morgan fingerprint density at radius 3 is 2.60 bits per heavy atom. The SMILES string of the molecule is O=CN1CC2CC(C1)N(CC(F)(F)F)C2. The smallest absolute Gasteiger partial charge is 0.343 e. The highest BCUT2D eigenvalue weighted by Crippen LogP contribution is 2.31. The third-order valence-corrected chi connectivity index (χ3v) is 3.08. The molecular weight excluding hydrogens is 209 g/mol. The number of likely N-dealkylation sites (tertiary alicyclic amines) is 2. The highest BCUT2D eigenvalue weighted by Gasteiger charge is 2.42.